The quantitative estimate of drug-likeness (QED) is 0.723. The first-order valence-electron chi connectivity index (χ1n) is 6.76. The molecule has 1 atom stereocenters. The van der Waals surface area contributed by atoms with Crippen molar-refractivity contribution in [2.75, 3.05) is 19.3 Å². The van der Waals surface area contributed by atoms with Crippen molar-refractivity contribution >= 4 is 10.0 Å². The molecule has 0 aliphatic heterocycles. The van der Waals surface area contributed by atoms with Crippen LogP contribution in [0, 0.1) is 11.7 Å². The van der Waals surface area contributed by atoms with Crippen molar-refractivity contribution in [3.63, 3.8) is 0 Å². The summed E-state index contributed by atoms with van der Waals surface area (Å²) in [6.45, 7) is 4.75. The number of hydrogen-bond donors (Lipinski definition) is 2. The summed E-state index contributed by atoms with van der Waals surface area (Å²) in [7, 11) is -1.73. The Bertz CT molecular complexity index is 500. The average molecular weight is 302 g/mol. The number of benzene rings is 1. The molecule has 0 aliphatic rings. The molecule has 6 heteroatoms. The predicted octanol–water partition coefficient (Wildman–Crippen LogP) is 2.05. The van der Waals surface area contributed by atoms with E-state index in [1.165, 1.54) is 19.2 Å². The largest absolute Gasteiger partial charge is 0.310 e. The molecule has 0 saturated heterocycles. The minimum Gasteiger partial charge on any atom is -0.310 e. The summed E-state index contributed by atoms with van der Waals surface area (Å²) in [6, 6.07) is 6.50. The molecule has 0 unspecified atom stereocenters. The van der Waals surface area contributed by atoms with Gasteiger partial charge >= 0.3 is 0 Å². The van der Waals surface area contributed by atoms with Gasteiger partial charge in [-0.15, -0.1) is 0 Å². The first kappa shape index (κ1) is 17.1. The molecule has 0 fully saturated rings. The number of sulfonamides is 1. The van der Waals surface area contributed by atoms with Crippen LogP contribution in [0.15, 0.2) is 24.3 Å². The minimum atomic E-state index is -3.15. The summed E-state index contributed by atoms with van der Waals surface area (Å²) in [5, 5.41) is 3.34. The van der Waals surface area contributed by atoms with Gasteiger partial charge in [0.05, 0.1) is 5.75 Å². The fourth-order valence-corrected chi connectivity index (χ4v) is 2.76. The lowest BCUT2D eigenvalue weighted by Gasteiger charge is -2.23. The van der Waals surface area contributed by atoms with Crippen LogP contribution in [0.3, 0.4) is 0 Å². The van der Waals surface area contributed by atoms with E-state index in [2.05, 4.69) is 23.9 Å². The Morgan fingerprint density at radius 1 is 1.20 bits per heavy atom. The van der Waals surface area contributed by atoms with Gasteiger partial charge in [-0.05, 0) is 43.6 Å². The lowest BCUT2D eigenvalue weighted by molar-refractivity contribution is 0.412. The third kappa shape index (κ3) is 5.56. The van der Waals surface area contributed by atoms with Gasteiger partial charge in [-0.2, -0.15) is 0 Å². The highest BCUT2D eigenvalue weighted by Gasteiger charge is 2.15. The Hall–Kier alpha value is -0.980. The Labute approximate surface area is 120 Å². The van der Waals surface area contributed by atoms with Crippen molar-refractivity contribution in [1.82, 2.24) is 10.0 Å². The summed E-state index contributed by atoms with van der Waals surface area (Å²) >= 11 is 0. The zero-order valence-corrected chi connectivity index (χ0v) is 13.0. The molecule has 0 spiro atoms. The molecule has 2 N–H and O–H groups in total. The lowest BCUT2D eigenvalue weighted by Crippen LogP contribution is -2.29. The van der Waals surface area contributed by atoms with Gasteiger partial charge in [0.2, 0.25) is 10.0 Å². The smallest absolute Gasteiger partial charge is 0.211 e. The van der Waals surface area contributed by atoms with Gasteiger partial charge in [0.25, 0.3) is 0 Å². The second kappa shape index (κ2) is 7.71. The van der Waals surface area contributed by atoms with Crippen molar-refractivity contribution < 1.29 is 12.8 Å². The molecule has 0 heterocycles. The first-order valence-corrected chi connectivity index (χ1v) is 8.41. The van der Waals surface area contributed by atoms with Crippen LogP contribution in [0.2, 0.25) is 0 Å². The normalized spacial score (nSPS) is 13.7. The molecule has 20 heavy (non-hydrogen) atoms. The van der Waals surface area contributed by atoms with Gasteiger partial charge in [-0.1, -0.05) is 26.0 Å². The summed E-state index contributed by atoms with van der Waals surface area (Å²) in [6.07, 6.45) is 0.535. The van der Waals surface area contributed by atoms with Crippen molar-refractivity contribution in [2.24, 2.45) is 5.92 Å². The van der Waals surface area contributed by atoms with Gasteiger partial charge in [-0.3, -0.25) is 0 Å². The van der Waals surface area contributed by atoms with Crippen LogP contribution in [0.5, 0.6) is 0 Å². The average Bonchev–Trinajstić information content (AvgIpc) is 2.40. The molecule has 0 aromatic heterocycles. The molecule has 0 saturated carbocycles. The Morgan fingerprint density at radius 3 is 2.30 bits per heavy atom. The number of halogens is 1. The maximum absolute atomic E-state index is 12.9. The summed E-state index contributed by atoms with van der Waals surface area (Å²) in [4.78, 5) is 0. The molecular weight excluding hydrogens is 279 g/mol. The Morgan fingerprint density at radius 2 is 1.80 bits per heavy atom. The van der Waals surface area contributed by atoms with E-state index < -0.39 is 10.0 Å². The fraction of sp³-hybridized carbons (Fsp3) is 0.571. The van der Waals surface area contributed by atoms with Crippen LogP contribution < -0.4 is 10.0 Å². The highest BCUT2D eigenvalue weighted by Crippen LogP contribution is 2.21. The SMILES string of the molecule is CNS(=O)(=O)CCCN[C@H](c1ccc(F)cc1)C(C)C. The maximum atomic E-state index is 12.9. The van der Waals surface area contributed by atoms with Crippen LogP contribution in [0.1, 0.15) is 31.9 Å². The van der Waals surface area contributed by atoms with Gasteiger partial charge < -0.3 is 5.32 Å². The molecule has 0 bridgehead atoms. The standard InChI is InChI=1S/C14H23FN2O2S/c1-11(2)14(12-5-7-13(15)8-6-12)17-9-4-10-20(18,19)16-3/h5-8,11,14,16-17H,4,9-10H2,1-3H3/t14-/m0/s1. The molecule has 4 nitrogen and oxygen atoms in total. The third-order valence-electron chi connectivity index (χ3n) is 3.16. The zero-order chi connectivity index (χ0) is 15.2. The summed E-state index contributed by atoms with van der Waals surface area (Å²) in [5.41, 5.74) is 1.01. The van der Waals surface area contributed by atoms with Gasteiger partial charge in [0.1, 0.15) is 5.82 Å². The number of nitrogens with one attached hydrogen (secondary N) is 2. The second-order valence-electron chi connectivity index (χ2n) is 5.10. The minimum absolute atomic E-state index is 0.0906. The van der Waals surface area contributed by atoms with Crippen LogP contribution >= 0.6 is 0 Å². The lowest BCUT2D eigenvalue weighted by atomic mass is 9.96. The maximum Gasteiger partial charge on any atom is 0.211 e. The highest BCUT2D eigenvalue weighted by molar-refractivity contribution is 7.89. The van der Waals surface area contributed by atoms with Crippen molar-refractivity contribution in [2.45, 2.75) is 26.3 Å². The highest BCUT2D eigenvalue weighted by atomic mass is 32.2. The Balaban J connectivity index is 2.54. The van der Waals surface area contributed by atoms with Gasteiger partial charge in [0.15, 0.2) is 0 Å². The molecule has 0 radical (unpaired) electrons. The van der Waals surface area contributed by atoms with E-state index in [-0.39, 0.29) is 17.6 Å². The van der Waals surface area contributed by atoms with Crippen LogP contribution in [0.25, 0.3) is 0 Å². The summed E-state index contributed by atoms with van der Waals surface area (Å²) < 4.78 is 37.8. The summed E-state index contributed by atoms with van der Waals surface area (Å²) in [5.74, 6) is 0.183. The van der Waals surface area contributed by atoms with E-state index in [4.69, 9.17) is 0 Å². The third-order valence-corrected chi connectivity index (χ3v) is 4.61. The monoisotopic (exact) mass is 302 g/mol. The van der Waals surface area contributed by atoms with E-state index in [9.17, 15) is 12.8 Å². The van der Waals surface area contributed by atoms with Crippen LogP contribution in [-0.2, 0) is 10.0 Å². The molecular formula is C14H23FN2O2S. The van der Waals surface area contributed by atoms with E-state index in [1.54, 1.807) is 12.1 Å². The van der Waals surface area contributed by atoms with Crippen LogP contribution in [-0.4, -0.2) is 27.8 Å². The molecule has 1 aromatic carbocycles. The second-order valence-corrected chi connectivity index (χ2v) is 7.15. The van der Waals surface area contributed by atoms with Crippen molar-refractivity contribution in [1.29, 1.82) is 0 Å². The Kier molecular flexibility index (Phi) is 6.58. The van der Waals surface area contributed by atoms with E-state index in [0.717, 1.165) is 5.56 Å². The molecule has 0 aliphatic carbocycles. The topological polar surface area (TPSA) is 58.2 Å². The van der Waals surface area contributed by atoms with Crippen molar-refractivity contribution in [3.8, 4) is 0 Å². The number of hydrogen-bond acceptors (Lipinski definition) is 3. The van der Waals surface area contributed by atoms with Gasteiger partial charge in [-0.25, -0.2) is 17.5 Å². The van der Waals surface area contributed by atoms with E-state index in [0.29, 0.717) is 18.9 Å². The first-order chi connectivity index (χ1) is 9.35. The van der Waals surface area contributed by atoms with Crippen molar-refractivity contribution in [3.05, 3.63) is 35.6 Å². The number of rotatable bonds is 8. The van der Waals surface area contributed by atoms with E-state index in [1.807, 2.05) is 0 Å². The zero-order valence-electron chi connectivity index (χ0n) is 12.2. The fourth-order valence-electron chi connectivity index (χ4n) is 2.03. The predicted molar refractivity (Wildman–Crippen MR) is 79.4 cm³/mol. The van der Waals surface area contributed by atoms with Gasteiger partial charge in [0, 0.05) is 6.04 Å². The molecule has 1 aromatic rings. The molecule has 1 rings (SSSR count). The molecule has 0 amide bonds. The molecule has 114 valence electrons. The van der Waals surface area contributed by atoms with E-state index >= 15 is 0 Å². The van der Waals surface area contributed by atoms with Crippen LogP contribution in [0.4, 0.5) is 4.39 Å².